The maximum absolute atomic E-state index is 13.5. The third-order valence-electron chi connectivity index (χ3n) is 4.74. The van der Waals surface area contributed by atoms with Crippen LogP contribution in [0, 0.1) is 11.6 Å². The van der Waals surface area contributed by atoms with Gasteiger partial charge in [-0.25, -0.2) is 13.6 Å². The minimum atomic E-state index is -1.00. The average Bonchev–Trinajstić information content (AvgIpc) is 3.26. The number of thioether (sulfide) groups is 1. The number of urea groups is 1. The van der Waals surface area contributed by atoms with Crippen LogP contribution < -0.4 is 10.1 Å². The number of amides is 2. The lowest BCUT2D eigenvalue weighted by molar-refractivity contribution is 0.213. The van der Waals surface area contributed by atoms with Crippen LogP contribution in [0.5, 0.6) is 5.75 Å². The fourth-order valence-electron chi connectivity index (χ4n) is 3.26. The van der Waals surface area contributed by atoms with Crippen molar-refractivity contribution in [2.75, 3.05) is 17.6 Å². The van der Waals surface area contributed by atoms with E-state index in [-0.39, 0.29) is 17.1 Å². The van der Waals surface area contributed by atoms with Gasteiger partial charge < -0.3 is 15.0 Å². The summed E-state index contributed by atoms with van der Waals surface area (Å²) in [6.07, 6.45) is 0. The average molecular weight is 426 g/mol. The molecular weight excluding hydrogens is 406 g/mol. The van der Waals surface area contributed by atoms with Crippen molar-refractivity contribution in [3.8, 4) is 5.75 Å². The third kappa shape index (κ3) is 4.57. The lowest BCUT2D eigenvalue weighted by Gasteiger charge is -2.26. The van der Waals surface area contributed by atoms with E-state index in [4.69, 9.17) is 4.74 Å². The molecule has 30 heavy (non-hydrogen) atoms. The molecule has 1 heterocycles. The molecule has 1 N–H and O–H groups in total. The molecule has 4 rings (SSSR count). The predicted octanol–water partition coefficient (Wildman–Crippen LogP) is 5.82. The van der Waals surface area contributed by atoms with Crippen molar-refractivity contribution in [1.29, 1.82) is 0 Å². The SMILES string of the molecule is O=C(Nc1ccc(F)c(F)c1)N1CCSC1c1ccccc1OCc1ccccc1. The van der Waals surface area contributed by atoms with Crippen molar-refractivity contribution in [3.63, 3.8) is 0 Å². The van der Waals surface area contributed by atoms with Crippen LogP contribution in [0.15, 0.2) is 72.8 Å². The highest BCUT2D eigenvalue weighted by Gasteiger charge is 2.32. The Hall–Kier alpha value is -3.06. The highest BCUT2D eigenvalue weighted by molar-refractivity contribution is 7.99. The minimum absolute atomic E-state index is 0.211. The Kier molecular flexibility index (Phi) is 6.18. The molecule has 1 aliphatic rings. The molecule has 1 saturated heterocycles. The Labute approximate surface area is 177 Å². The van der Waals surface area contributed by atoms with E-state index >= 15 is 0 Å². The lowest BCUT2D eigenvalue weighted by Crippen LogP contribution is -2.34. The molecule has 7 heteroatoms. The molecule has 0 saturated carbocycles. The number of carbonyl (C=O) groups is 1. The van der Waals surface area contributed by atoms with Crippen LogP contribution in [-0.2, 0) is 6.61 Å². The summed E-state index contributed by atoms with van der Waals surface area (Å²) >= 11 is 1.63. The molecule has 4 nitrogen and oxygen atoms in total. The van der Waals surface area contributed by atoms with Gasteiger partial charge in [-0.05, 0) is 23.8 Å². The van der Waals surface area contributed by atoms with E-state index in [1.54, 1.807) is 16.7 Å². The molecule has 1 fully saturated rings. The largest absolute Gasteiger partial charge is 0.489 e. The molecular formula is C23H20F2N2O2S. The lowest BCUT2D eigenvalue weighted by atomic mass is 10.1. The number of hydrogen-bond donors (Lipinski definition) is 1. The number of hydrogen-bond acceptors (Lipinski definition) is 3. The van der Waals surface area contributed by atoms with Crippen LogP contribution in [0.4, 0.5) is 19.3 Å². The highest BCUT2D eigenvalue weighted by atomic mass is 32.2. The highest BCUT2D eigenvalue weighted by Crippen LogP contribution is 2.42. The van der Waals surface area contributed by atoms with Crippen LogP contribution in [0.25, 0.3) is 0 Å². The number of rotatable bonds is 5. The topological polar surface area (TPSA) is 41.6 Å². The summed E-state index contributed by atoms with van der Waals surface area (Å²) in [7, 11) is 0. The Morgan fingerprint density at radius 2 is 1.80 bits per heavy atom. The van der Waals surface area contributed by atoms with Gasteiger partial charge in [0.1, 0.15) is 17.7 Å². The summed E-state index contributed by atoms with van der Waals surface area (Å²) in [6, 6.07) is 20.5. The van der Waals surface area contributed by atoms with Crippen LogP contribution in [0.1, 0.15) is 16.5 Å². The molecule has 154 valence electrons. The number of para-hydroxylation sites is 1. The van der Waals surface area contributed by atoms with Crippen molar-refractivity contribution < 1.29 is 18.3 Å². The monoisotopic (exact) mass is 426 g/mol. The number of benzene rings is 3. The molecule has 0 aromatic heterocycles. The van der Waals surface area contributed by atoms with E-state index in [9.17, 15) is 13.6 Å². The zero-order valence-electron chi connectivity index (χ0n) is 16.1. The zero-order valence-corrected chi connectivity index (χ0v) is 16.9. The molecule has 1 unspecified atom stereocenters. The summed E-state index contributed by atoms with van der Waals surface area (Å²) in [6.45, 7) is 0.966. The Bertz CT molecular complexity index is 1030. The van der Waals surface area contributed by atoms with Gasteiger partial charge in [0.2, 0.25) is 0 Å². The van der Waals surface area contributed by atoms with Crippen molar-refractivity contribution in [2.24, 2.45) is 0 Å². The van der Waals surface area contributed by atoms with Crippen molar-refractivity contribution in [2.45, 2.75) is 12.0 Å². The first-order valence-electron chi connectivity index (χ1n) is 9.52. The Balaban J connectivity index is 1.50. The first-order chi connectivity index (χ1) is 14.6. The van der Waals surface area contributed by atoms with E-state index in [0.29, 0.717) is 18.9 Å². The van der Waals surface area contributed by atoms with Gasteiger partial charge in [0.25, 0.3) is 0 Å². The fraction of sp³-hybridized carbons (Fsp3) is 0.174. The number of halogens is 2. The second kappa shape index (κ2) is 9.17. The molecule has 0 spiro atoms. The number of carbonyl (C=O) groups excluding carboxylic acids is 1. The maximum atomic E-state index is 13.5. The van der Waals surface area contributed by atoms with Crippen LogP contribution in [-0.4, -0.2) is 23.2 Å². The van der Waals surface area contributed by atoms with E-state index in [0.717, 1.165) is 29.0 Å². The second-order valence-corrected chi connectivity index (χ2v) is 7.98. The van der Waals surface area contributed by atoms with E-state index in [2.05, 4.69) is 5.32 Å². The van der Waals surface area contributed by atoms with Gasteiger partial charge in [-0.3, -0.25) is 0 Å². The number of nitrogens with zero attached hydrogens (tertiary/aromatic N) is 1. The molecule has 3 aromatic rings. The Morgan fingerprint density at radius 3 is 2.60 bits per heavy atom. The number of anilines is 1. The maximum Gasteiger partial charge on any atom is 0.323 e. The molecule has 0 bridgehead atoms. The standard InChI is InChI=1S/C23H20F2N2O2S/c24-19-11-10-17(14-20(19)25)26-23(28)27-12-13-30-22(27)18-8-4-5-9-21(18)29-15-16-6-2-1-3-7-16/h1-11,14,22H,12-13,15H2,(H,26,28). The number of nitrogens with one attached hydrogen (secondary N) is 1. The summed E-state index contributed by atoms with van der Waals surface area (Å²) in [4.78, 5) is 14.5. The molecule has 0 aliphatic carbocycles. The van der Waals surface area contributed by atoms with E-state index < -0.39 is 11.6 Å². The smallest absolute Gasteiger partial charge is 0.323 e. The molecule has 3 aromatic carbocycles. The molecule has 0 radical (unpaired) electrons. The fourth-order valence-corrected chi connectivity index (χ4v) is 4.54. The quantitative estimate of drug-likeness (QED) is 0.559. The third-order valence-corrected chi connectivity index (χ3v) is 5.99. The molecule has 1 aliphatic heterocycles. The summed E-state index contributed by atoms with van der Waals surface area (Å²) in [5.41, 5.74) is 2.17. The van der Waals surface area contributed by atoms with E-state index in [1.807, 2.05) is 54.6 Å². The summed E-state index contributed by atoms with van der Waals surface area (Å²) in [5, 5.41) is 2.42. The van der Waals surface area contributed by atoms with Gasteiger partial charge in [0.15, 0.2) is 11.6 Å². The van der Waals surface area contributed by atoms with Crippen LogP contribution in [0.3, 0.4) is 0 Å². The molecule has 1 atom stereocenters. The summed E-state index contributed by atoms with van der Waals surface area (Å²) < 4.78 is 32.7. The van der Waals surface area contributed by atoms with Gasteiger partial charge in [0, 0.05) is 29.6 Å². The summed E-state index contributed by atoms with van der Waals surface area (Å²) in [5.74, 6) is -0.471. The van der Waals surface area contributed by atoms with Gasteiger partial charge in [-0.1, -0.05) is 48.5 Å². The van der Waals surface area contributed by atoms with Crippen LogP contribution in [0.2, 0.25) is 0 Å². The zero-order chi connectivity index (χ0) is 20.9. The van der Waals surface area contributed by atoms with Gasteiger partial charge in [-0.2, -0.15) is 0 Å². The second-order valence-electron chi connectivity index (χ2n) is 6.79. The van der Waals surface area contributed by atoms with Gasteiger partial charge in [-0.15, -0.1) is 11.8 Å². The van der Waals surface area contributed by atoms with Crippen molar-refractivity contribution in [1.82, 2.24) is 4.90 Å². The van der Waals surface area contributed by atoms with Crippen molar-refractivity contribution >= 4 is 23.5 Å². The minimum Gasteiger partial charge on any atom is -0.489 e. The van der Waals surface area contributed by atoms with Gasteiger partial charge >= 0.3 is 6.03 Å². The number of ether oxygens (including phenoxy) is 1. The van der Waals surface area contributed by atoms with E-state index in [1.165, 1.54) is 6.07 Å². The molecule has 2 amide bonds. The first kappa shape index (κ1) is 20.2. The normalized spacial score (nSPS) is 15.8. The van der Waals surface area contributed by atoms with Gasteiger partial charge in [0.05, 0.1) is 0 Å². The van der Waals surface area contributed by atoms with Crippen molar-refractivity contribution in [3.05, 3.63) is 95.6 Å². The predicted molar refractivity (Wildman–Crippen MR) is 114 cm³/mol. The van der Waals surface area contributed by atoms with Crippen LogP contribution >= 0.6 is 11.8 Å². The Morgan fingerprint density at radius 1 is 1.03 bits per heavy atom. The first-order valence-corrected chi connectivity index (χ1v) is 10.6.